The van der Waals surface area contributed by atoms with E-state index in [4.69, 9.17) is 16.3 Å². The van der Waals surface area contributed by atoms with Crippen molar-refractivity contribution >= 4 is 34.9 Å². The molecule has 0 aliphatic rings. The van der Waals surface area contributed by atoms with Crippen LogP contribution in [-0.2, 0) is 9.53 Å². The Morgan fingerprint density at radius 3 is 2.48 bits per heavy atom. The van der Waals surface area contributed by atoms with Crippen molar-refractivity contribution in [3.63, 3.8) is 0 Å². The lowest BCUT2D eigenvalue weighted by Gasteiger charge is -2.13. The lowest BCUT2D eigenvalue weighted by molar-refractivity contribution is -0.384. The van der Waals surface area contributed by atoms with E-state index < -0.39 is 34.4 Å². The molecule has 0 aliphatic heterocycles. The molecule has 130 valence electrons. The number of carbonyl (C=O) groups is 2. The zero-order valence-corrected chi connectivity index (χ0v) is 13.6. The molecule has 0 fully saturated rings. The maximum Gasteiger partial charge on any atom is 0.339 e. The van der Waals surface area contributed by atoms with Gasteiger partial charge in [0.1, 0.15) is 10.8 Å². The van der Waals surface area contributed by atoms with Crippen LogP contribution >= 0.6 is 11.6 Å². The lowest BCUT2D eigenvalue weighted by Crippen LogP contribution is -2.30. The highest BCUT2D eigenvalue weighted by atomic mass is 35.5. The van der Waals surface area contributed by atoms with Crippen LogP contribution in [0, 0.1) is 15.9 Å². The Balaban J connectivity index is 2.04. The SMILES string of the molecule is C[C@H](OC(=O)c1ccc(Cl)c([N+](=O)[O-])c1)C(=O)Nc1ccc(F)cc1. The van der Waals surface area contributed by atoms with Crippen LogP contribution in [0.1, 0.15) is 17.3 Å². The van der Waals surface area contributed by atoms with Gasteiger partial charge in [-0.25, -0.2) is 9.18 Å². The predicted molar refractivity (Wildman–Crippen MR) is 88.0 cm³/mol. The minimum absolute atomic E-state index is 0.113. The first-order valence-electron chi connectivity index (χ1n) is 6.99. The van der Waals surface area contributed by atoms with Gasteiger partial charge in [0, 0.05) is 11.8 Å². The number of hydrogen-bond acceptors (Lipinski definition) is 5. The number of nitro benzene ring substituents is 1. The fourth-order valence-corrected chi connectivity index (χ4v) is 2.03. The van der Waals surface area contributed by atoms with Crippen LogP contribution in [-0.4, -0.2) is 22.9 Å². The van der Waals surface area contributed by atoms with Crippen molar-refractivity contribution in [2.24, 2.45) is 0 Å². The number of ether oxygens (including phenoxy) is 1. The molecule has 0 radical (unpaired) electrons. The van der Waals surface area contributed by atoms with Crippen molar-refractivity contribution in [1.82, 2.24) is 0 Å². The average Bonchev–Trinajstić information content (AvgIpc) is 2.56. The summed E-state index contributed by atoms with van der Waals surface area (Å²) in [5, 5.41) is 13.2. The number of rotatable bonds is 5. The van der Waals surface area contributed by atoms with E-state index in [9.17, 15) is 24.1 Å². The van der Waals surface area contributed by atoms with Gasteiger partial charge in [-0.3, -0.25) is 14.9 Å². The van der Waals surface area contributed by atoms with Crippen LogP contribution in [0.4, 0.5) is 15.8 Å². The summed E-state index contributed by atoms with van der Waals surface area (Å²) in [5.74, 6) is -2.01. The van der Waals surface area contributed by atoms with Gasteiger partial charge < -0.3 is 10.1 Å². The number of anilines is 1. The summed E-state index contributed by atoms with van der Waals surface area (Å²) in [6, 6.07) is 8.45. The Kier molecular flexibility index (Phi) is 5.66. The molecule has 9 heteroatoms. The largest absolute Gasteiger partial charge is 0.449 e. The quantitative estimate of drug-likeness (QED) is 0.495. The summed E-state index contributed by atoms with van der Waals surface area (Å²) in [5.41, 5.74) is -0.228. The Morgan fingerprint density at radius 1 is 1.24 bits per heavy atom. The smallest absolute Gasteiger partial charge is 0.339 e. The van der Waals surface area contributed by atoms with Crippen molar-refractivity contribution in [1.29, 1.82) is 0 Å². The molecule has 2 aromatic rings. The molecule has 1 N–H and O–H groups in total. The lowest BCUT2D eigenvalue weighted by atomic mass is 10.2. The number of nitro groups is 1. The first kappa shape index (κ1) is 18.3. The molecule has 2 rings (SSSR count). The number of carbonyl (C=O) groups excluding carboxylic acids is 2. The van der Waals surface area contributed by atoms with Crippen LogP contribution < -0.4 is 5.32 Å². The van der Waals surface area contributed by atoms with Crippen LogP contribution in [0.15, 0.2) is 42.5 Å². The van der Waals surface area contributed by atoms with E-state index in [0.717, 1.165) is 6.07 Å². The van der Waals surface area contributed by atoms with Crippen LogP contribution in [0.5, 0.6) is 0 Å². The van der Waals surface area contributed by atoms with Crippen LogP contribution in [0.3, 0.4) is 0 Å². The second kappa shape index (κ2) is 7.71. The summed E-state index contributed by atoms with van der Waals surface area (Å²) in [7, 11) is 0. The standard InChI is InChI=1S/C16H12ClFN2O5/c1-9(15(21)19-12-5-3-11(18)4-6-12)25-16(22)10-2-7-13(17)14(8-10)20(23)24/h2-9H,1H3,(H,19,21)/t9-/m0/s1. The number of nitrogens with zero attached hydrogens (tertiary/aromatic N) is 1. The third-order valence-electron chi connectivity index (χ3n) is 3.14. The van der Waals surface area contributed by atoms with E-state index in [2.05, 4.69) is 5.32 Å². The highest BCUT2D eigenvalue weighted by Crippen LogP contribution is 2.25. The molecular formula is C16H12ClFN2O5. The molecule has 1 atom stereocenters. The molecule has 0 saturated carbocycles. The van der Waals surface area contributed by atoms with Crippen molar-refractivity contribution in [3.05, 3.63) is 69.0 Å². The fraction of sp³-hybridized carbons (Fsp3) is 0.125. The molecule has 0 heterocycles. The maximum absolute atomic E-state index is 12.8. The van der Waals surface area contributed by atoms with Gasteiger partial charge in [0.25, 0.3) is 11.6 Å². The van der Waals surface area contributed by atoms with Crippen LogP contribution in [0.2, 0.25) is 5.02 Å². The summed E-state index contributed by atoms with van der Waals surface area (Å²) < 4.78 is 17.8. The molecule has 0 unspecified atom stereocenters. The molecule has 0 bridgehead atoms. The van der Waals surface area contributed by atoms with Gasteiger partial charge in [0.05, 0.1) is 10.5 Å². The van der Waals surface area contributed by atoms with Gasteiger partial charge in [-0.1, -0.05) is 11.6 Å². The van der Waals surface area contributed by atoms with E-state index in [-0.39, 0.29) is 10.6 Å². The highest BCUT2D eigenvalue weighted by Gasteiger charge is 2.22. The number of esters is 1. The predicted octanol–water partition coefficient (Wildman–Crippen LogP) is 3.57. The fourth-order valence-electron chi connectivity index (χ4n) is 1.84. The zero-order valence-electron chi connectivity index (χ0n) is 12.9. The third-order valence-corrected chi connectivity index (χ3v) is 3.46. The molecule has 25 heavy (non-hydrogen) atoms. The van der Waals surface area contributed by atoms with E-state index >= 15 is 0 Å². The van der Waals surface area contributed by atoms with Gasteiger partial charge in [0.2, 0.25) is 0 Å². The molecule has 0 aromatic heterocycles. The molecule has 0 spiro atoms. The zero-order chi connectivity index (χ0) is 18.6. The Labute approximate surface area is 146 Å². The van der Waals surface area contributed by atoms with E-state index in [1.807, 2.05) is 0 Å². The first-order chi connectivity index (χ1) is 11.8. The van der Waals surface area contributed by atoms with E-state index in [1.54, 1.807) is 0 Å². The topological polar surface area (TPSA) is 98.5 Å². The highest BCUT2D eigenvalue weighted by molar-refractivity contribution is 6.32. The van der Waals surface area contributed by atoms with Crippen LogP contribution in [0.25, 0.3) is 0 Å². The van der Waals surface area contributed by atoms with Gasteiger partial charge in [-0.05, 0) is 43.3 Å². The number of amides is 1. The van der Waals surface area contributed by atoms with Crippen molar-refractivity contribution in [2.75, 3.05) is 5.32 Å². The summed E-state index contributed by atoms with van der Waals surface area (Å²) in [6.45, 7) is 1.33. The average molecular weight is 367 g/mol. The third kappa shape index (κ3) is 4.74. The molecular weight excluding hydrogens is 355 g/mol. The Bertz CT molecular complexity index is 826. The Morgan fingerprint density at radius 2 is 1.88 bits per heavy atom. The van der Waals surface area contributed by atoms with Gasteiger partial charge in [0.15, 0.2) is 6.10 Å². The van der Waals surface area contributed by atoms with Gasteiger partial charge in [-0.2, -0.15) is 0 Å². The van der Waals surface area contributed by atoms with Crippen molar-refractivity contribution in [2.45, 2.75) is 13.0 Å². The molecule has 7 nitrogen and oxygen atoms in total. The van der Waals surface area contributed by atoms with Crippen molar-refractivity contribution in [3.8, 4) is 0 Å². The first-order valence-corrected chi connectivity index (χ1v) is 7.37. The molecule has 0 saturated heterocycles. The summed E-state index contributed by atoms with van der Waals surface area (Å²) >= 11 is 5.67. The second-order valence-corrected chi connectivity index (χ2v) is 5.37. The molecule has 1 amide bonds. The van der Waals surface area contributed by atoms with E-state index in [1.165, 1.54) is 43.3 Å². The van der Waals surface area contributed by atoms with Gasteiger partial charge in [-0.15, -0.1) is 0 Å². The normalized spacial score (nSPS) is 11.5. The number of nitrogens with one attached hydrogen (secondary N) is 1. The van der Waals surface area contributed by atoms with E-state index in [0.29, 0.717) is 5.69 Å². The second-order valence-electron chi connectivity index (χ2n) is 4.97. The minimum atomic E-state index is -1.17. The number of benzene rings is 2. The number of hydrogen-bond donors (Lipinski definition) is 1. The monoisotopic (exact) mass is 366 g/mol. The number of halogens is 2. The molecule has 0 aliphatic carbocycles. The van der Waals surface area contributed by atoms with Crippen molar-refractivity contribution < 1.29 is 23.6 Å². The maximum atomic E-state index is 12.8. The van der Waals surface area contributed by atoms with Gasteiger partial charge >= 0.3 is 5.97 Å². The summed E-state index contributed by atoms with van der Waals surface area (Å²) in [4.78, 5) is 34.1. The molecule has 2 aromatic carbocycles. The Hall–Kier alpha value is -3.00. The minimum Gasteiger partial charge on any atom is -0.449 e. The summed E-state index contributed by atoms with van der Waals surface area (Å²) in [6.07, 6.45) is -1.17.